The first-order valence-corrected chi connectivity index (χ1v) is 9.09. The highest BCUT2D eigenvalue weighted by molar-refractivity contribution is 14.0. The number of aliphatic imine (C=N–C) groups is 1. The van der Waals surface area contributed by atoms with Crippen LogP contribution in [0.5, 0.6) is 11.5 Å². The molecule has 6 nitrogen and oxygen atoms in total. The van der Waals surface area contributed by atoms with Crippen molar-refractivity contribution in [1.82, 2.24) is 15.2 Å². The van der Waals surface area contributed by atoms with Gasteiger partial charge in [-0.3, -0.25) is 4.99 Å². The third-order valence-corrected chi connectivity index (χ3v) is 4.40. The van der Waals surface area contributed by atoms with Crippen LogP contribution in [-0.2, 0) is 26.6 Å². The van der Waals surface area contributed by atoms with Crippen molar-refractivity contribution < 1.29 is 9.47 Å². The number of guanidine groups is 1. The van der Waals surface area contributed by atoms with Gasteiger partial charge in [-0.05, 0) is 37.6 Å². The minimum Gasteiger partial charge on any atom is -0.494 e. The summed E-state index contributed by atoms with van der Waals surface area (Å²) in [4.78, 5) is 4.30. The van der Waals surface area contributed by atoms with Crippen molar-refractivity contribution in [2.75, 3.05) is 13.7 Å². The van der Waals surface area contributed by atoms with Gasteiger partial charge in [0, 0.05) is 57.1 Å². The molecule has 1 aromatic carbocycles. The summed E-state index contributed by atoms with van der Waals surface area (Å²) in [5.41, 5.74) is 3.50. The van der Waals surface area contributed by atoms with Gasteiger partial charge in [-0.15, -0.1) is 24.0 Å². The first-order valence-electron chi connectivity index (χ1n) is 9.09. The van der Waals surface area contributed by atoms with Gasteiger partial charge in [0.05, 0.1) is 6.61 Å². The maximum Gasteiger partial charge on any atom is 0.191 e. The highest BCUT2D eigenvalue weighted by Gasteiger charge is 2.21. The van der Waals surface area contributed by atoms with E-state index in [0.29, 0.717) is 13.2 Å². The average molecular weight is 484 g/mol. The van der Waals surface area contributed by atoms with Gasteiger partial charge >= 0.3 is 0 Å². The minimum atomic E-state index is 0. The zero-order valence-corrected chi connectivity index (χ0v) is 18.7. The molecule has 7 heteroatoms. The van der Waals surface area contributed by atoms with E-state index in [-0.39, 0.29) is 30.1 Å². The van der Waals surface area contributed by atoms with E-state index in [0.717, 1.165) is 36.0 Å². The molecule has 0 radical (unpaired) electrons. The lowest BCUT2D eigenvalue weighted by Crippen LogP contribution is -2.36. The molecular formula is C20H29IN4O2. The molecular weight excluding hydrogens is 455 g/mol. The van der Waals surface area contributed by atoms with Gasteiger partial charge in [0.2, 0.25) is 0 Å². The number of aromatic nitrogens is 1. The third-order valence-electron chi connectivity index (χ3n) is 4.40. The number of ether oxygens (including phenoxy) is 2. The maximum atomic E-state index is 5.89. The quantitative estimate of drug-likeness (QED) is 0.376. The van der Waals surface area contributed by atoms with E-state index in [2.05, 4.69) is 46.9 Å². The fraction of sp³-hybridized carbons (Fsp3) is 0.450. The van der Waals surface area contributed by atoms with Gasteiger partial charge in [0.15, 0.2) is 5.96 Å². The molecule has 2 aromatic rings. The summed E-state index contributed by atoms with van der Waals surface area (Å²) in [6.45, 7) is 6.08. The van der Waals surface area contributed by atoms with Crippen molar-refractivity contribution in [2.45, 2.75) is 39.5 Å². The Labute approximate surface area is 178 Å². The summed E-state index contributed by atoms with van der Waals surface area (Å²) in [5, 5.41) is 6.69. The van der Waals surface area contributed by atoms with Crippen LogP contribution in [-0.4, -0.2) is 30.3 Å². The fourth-order valence-electron chi connectivity index (χ4n) is 3.16. The molecule has 1 unspecified atom stereocenters. The van der Waals surface area contributed by atoms with Crippen LogP contribution in [0.4, 0.5) is 0 Å². The summed E-state index contributed by atoms with van der Waals surface area (Å²) < 4.78 is 13.8. The van der Waals surface area contributed by atoms with Gasteiger partial charge in [0.25, 0.3) is 0 Å². The van der Waals surface area contributed by atoms with E-state index in [9.17, 15) is 0 Å². The van der Waals surface area contributed by atoms with Gasteiger partial charge < -0.3 is 24.7 Å². The molecule has 0 amide bonds. The van der Waals surface area contributed by atoms with Crippen molar-refractivity contribution in [1.29, 1.82) is 0 Å². The Morgan fingerprint density at radius 1 is 1.33 bits per heavy atom. The number of hydrogen-bond donors (Lipinski definition) is 2. The van der Waals surface area contributed by atoms with E-state index >= 15 is 0 Å². The molecule has 0 saturated heterocycles. The fourth-order valence-corrected chi connectivity index (χ4v) is 3.16. The van der Waals surface area contributed by atoms with Crippen LogP contribution >= 0.6 is 24.0 Å². The smallest absolute Gasteiger partial charge is 0.191 e. The number of nitrogens with one attached hydrogen (secondary N) is 2. The second kappa shape index (κ2) is 9.87. The van der Waals surface area contributed by atoms with Crippen molar-refractivity contribution in [3.05, 3.63) is 47.3 Å². The number of hydrogen-bond acceptors (Lipinski definition) is 3. The average Bonchev–Trinajstić information content (AvgIpc) is 3.19. The molecule has 2 heterocycles. The van der Waals surface area contributed by atoms with Gasteiger partial charge in [-0.25, -0.2) is 0 Å². The minimum absolute atomic E-state index is 0. The molecule has 3 rings (SSSR count). The third kappa shape index (κ3) is 5.54. The molecule has 1 aliphatic rings. The topological polar surface area (TPSA) is 59.8 Å². The van der Waals surface area contributed by atoms with E-state index in [1.54, 1.807) is 7.05 Å². The first-order chi connectivity index (χ1) is 12.6. The summed E-state index contributed by atoms with van der Waals surface area (Å²) in [6, 6.07) is 6.29. The van der Waals surface area contributed by atoms with E-state index < -0.39 is 0 Å². The van der Waals surface area contributed by atoms with Crippen molar-refractivity contribution in [3.63, 3.8) is 0 Å². The SMILES string of the molecule is CCOc1cc2c(cc1CNC(=NC)NCc1ccn(C)c1)OC(C)C2.I. The molecule has 0 aliphatic carbocycles. The molecule has 1 aliphatic heterocycles. The summed E-state index contributed by atoms with van der Waals surface area (Å²) in [5.74, 6) is 2.63. The van der Waals surface area contributed by atoms with Crippen molar-refractivity contribution in [3.8, 4) is 11.5 Å². The predicted octanol–water partition coefficient (Wildman–Crippen LogP) is 3.23. The summed E-state index contributed by atoms with van der Waals surface area (Å²) in [7, 11) is 3.79. The molecule has 0 spiro atoms. The normalized spacial score (nSPS) is 15.6. The lowest BCUT2D eigenvalue weighted by molar-refractivity contribution is 0.254. The Morgan fingerprint density at radius 3 is 2.78 bits per heavy atom. The lowest BCUT2D eigenvalue weighted by Gasteiger charge is -2.15. The van der Waals surface area contributed by atoms with Crippen molar-refractivity contribution >= 4 is 29.9 Å². The zero-order chi connectivity index (χ0) is 18.5. The molecule has 0 saturated carbocycles. The number of aryl methyl sites for hydroxylation is 1. The van der Waals surface area contributed by atoms with Gasteiger partial charge in [-0.1, -0.05) is 0 Å². The largest absolute Gasteiger partial charge is 0.494 e. The maximum absolute atomic E-state index is 5.89. The standard InChI is InChI=1S/C20H28N4O2.HI/c1-5-25-18-9-16-8-14(2)26-19(16)10-17(18)12-23-20(21-3)22-11-15-6-7-24(4)13-15;/h6-7,9-10,13-14H,5,8,11-12H2,1-4H3,(H2,21,22,23);1H. The molecule has 0 bridgehead atoms. The molecule has 0 fully saturated rings. The Balaban J connectivity index is 0.00000261. The molecule has 27 heavy (non-hydrogen) atoms. The monoisotopic (exact) mass is 484 g/mol. The predicted molar refractivity (Wildman–Crippen MR) is 119 cm³/mol. The molecule has 1 aromatic heterocycles. The van der Waals surface area contributed by atoms with Crippen LogP contribution < -0.4 is 20.1 Å². The van der Waals surface area contributed by atoms with E-state index in [1.165, 1.54) is 11.1 Å². The molecule has 2 N–H and O–H groups in total. The Kier molecular flexibility index (Phi) is 7.82. The second-order valence-corrected chi connectivity index (χ2v) is 6.60. The number of fused-ring (bicyclic) bond motifs is 1. The van der Waals surface area contributed by atoms with Gasteiger partial charge in [0.1, 0.15) is 17.6 Å². The lowest BCUT2D eigenvalue weighted by atomic mass is 10.1. The van der Waals surface area contributed by atoms with Crippen LogP contribution in [0.25, 0.3) is 0 Å². The van der Waals surface area contributed by atoms with E-state index in [4.69, 9.17) is 9.47 Å². The Morgan fingerprint density at radius 2 is 2.11 bits per heavy atom. The highest BCUT2D eigenvalue weighted by Crippen LogP contribution is 2.35. The molecule has 148 valence electrons. The zero-order valence-electron chi connectivity index (χ0n) is 16.4. The number of nitrogens with zero attached hydrogens (tertiary/aromatic N) is 2. The van der Waals surface area contributed by atoms with Crippen LogP contribution in [0.3, 0.4) is 0 Å². The van der Waals surface area contributed by atoms with Crippen molar-refractivity contribution in [2.24, 2.45) is 12.0 Å². The van der Waals surface area contributed by atoms with Crippen LogP contribution in [0.2, 0.25) is 0 Å². The van der Waals surface area contributed by atoms with Gasteiger partial charge in [-0.2, -0.15) is 0 Å². The summed E-state index contributed by atoms with van der Waals surface area (Å²) in [6.07, 6.45) is 5.28. The van der Waals surface area contributed by atoms with Crippen LogP contribution in [0, 0.1) is 0 Å². The Hall–Kier alpha value is -1.90. The van der Waals surface area contributed by atoms with Crippen LogP contribution in [0.15, 0.2) is 35.6 Å². The van der Waals surface area contributed by atoms with Crippen LogP contribution in [0.1, 0.15) is 30.5 Å². The number of halogens is 1. The number of rotatable bonds is 6. The first kappa shape index (κ1) is 21.4. The molecule has 1 atom stereocenters. The summed E-state index contributed by atoms with van der Waals surface area (Å²) >= 11 is 0. The number of benzene rings is 1. The second-order valence-electron chi connectivity index (χ2n) is 6.60. The van der Waals surface area contributed by atoms with E-state index in [1.807, 2.05) is 24.7 Å². The Bertz CT molecular complexity index is 788. The highest BCUT2D eigenvalue weighted by atomic mass is 127.